The van der Waals surface area contributed by atoms with E-state index in [1.54, 1.807) is 10.9 Å². The van der Waals surface area contributed by atoms with Crippen molar-refractivity contribution in [3.63, 3.8) is 0 Å². The Morgan fingerprint density at radius 3 is 2.60 bits per heavy atom. The largest absolute Gasteiger partial charge is 0.478 e. The summed E-state index contributed by atoms with van der Waals surface area (Å²) in [6.45, 7) is 0.257. The molecule has 0 bridgehead atoms. The van der Waals surface area contributed by atoms with Crippen molar-refractivity contribution < 1.29 is 9.90 Å². The van der Waals surface area contributed by atoms with E-state index in [0.29, 0.717) is 0 Å². The van der Waals surface area contributed by atoms with Gasteiger partial charge in [0.1, 0.15) is 5.56 Å². The van der Waals surface area contributed by atoms with Gasteiger partial charge >= 0.3 is 11.7 Å². The number of fused-ring (bicyclic) bond motifs is 1. The first-order valence-electron chi connectivity index (χ1n) is 7.52. The number of imidazole rings is 1. The summed E-state index contributed by atoms with van der Waals surface area (Å²) >= 11 is 0. The average Bonchev–Trinajstić information content (AvgIpc) is 3.29. The molecular formula is C17H13N5O3. The molecule has 4 aromatic rings. The zero-order valence-corrected chi connectivity index (χ0v) is 13.0. The number of benzene rings is 1. The number of hydrogen-bond donors (Lipinski definition) is 1. The van der Waals surface area contributed by atoms with Crippen LogP contribution in [-0.4, -0.2) is 34.8 Å². The van der Waals surface area contributed by atoms with Gasteiger partial charge in [0.2, 0.25) is 0 Å². The monoisotopic (exact) mass is 335 g/mol. The van der Waals surface area contributed by atoms with Gasteiger partial charge in [0.05, 0.1) is 12.2 Å². The number of carboxylic acid groups (broad SMARTS) is 1. The molecule has 0 aliphatic heterocycles. The number of aromatic nitrogens is 5. The second kappa shape index (κ2) is 5.75. The first-order valence-corrected chi connectivity index (χ1v) is 7.52. The minimum atomic E-state index is -1.13. The quantitative estimate of drug-likeness (QED) is 0.609. The lowest BCUT2D eigenvalue weighted by Crippen LogP contribution is -2.28. The molecule has 0 saturated carbocycles. The molecule has 0 aliphatic carbocycles. The van der Waals surface area contributed by atoms with Crippen LogP contribution in [-0.2, 0) is 6.54 Å². The SMILES string of the molecule is O=C(O)c1cn(Cc2ccc(-n3cccn3)cc2)c(=O)n2ccnc12. The van der Waals surface area contributed by atoms with Crippen molar-refractivity contribution in [3.8, 4) is 5.69 Å². The number of nitrogens with zero attached hydrogens (tertiary/aromatic N) is 5. The summed E-state index contributed by atoms with van der Waals surface area (Å²) in [5.41, 5.74) is 1.56. The van der Waals surface area contributed by atoms with E-state index < -0.39 is 5.97 Å². The Kier molecular flexibility index (Phi) is 3.42. The van der Waals surface area contributed by atoms with Crippen molar-refractivity contribution in [1.29, 1.82) is 0 Å². The first kappa shape index (κ1) is 14.9. The Morgan fingerprint density at radius 2 is 1.92 bits per heavy atom. The summed E-state index contributed by atoms with van der Waals surface area (Å²) in [5, 5.41) is 13.5. The molecule has 0 aliphatic rings. The number of rotatable bonds is 4. The summed E-state index contributed by atoms with van der Waals surface area (Å²) < 4.78 is 4.33. The summed E-state index contributed by atoms with van der Waals surface area (Å²) in [6.07, 6.45) is 7.73. The molecule has 1 aromatic carbocycles. The van der Waals surface area contributed by atoms with Gasteiger partial charge in [-0.3, -0.25) is 8.97 Å². The van der Waals surface area contributed by atoms with Crippen molar-refractivity contribution in [2.75, 3.05) is 0 Å². The van der Waals surface area contributed by atoms with Gasteiger partial charge < -0.3 is 5.11 Å². The van der Waals surface area contributed by atoms with Crippen LogP contribution >= 0.6 is 0 Å². The number of hydrogen-bond acceptors (Lipinski definition) is 4. The predicted molar refractivity (Wildman–Crippen MR) is 89.1 cm³/mol. The lowest BCUT2D eigenvalue weighted by Gasteiger charge is -2.09. The van der Waals surface area contributed by atoms with Gasteiger partial charge in [0, 0.05) is 31.0 Å². The molecular weight excluding hydrogens is 322 g/mol. The number of aromatic carboxylic acids is 1. The normalized spacial score (nSPS) is 11.0. The maximum absolute atomic E-state index is 12.5. The van der Waals surface area contributed by atoms with Crippen LogP contribution in [0.4, 0.5) is 0 Å². The molecule has 0 fully saturated rings. The van der Waals surface area contributed by atoms with Gasteiger partial charge in [0.25, 0.3) is 0 Å². The molecule has 4 rings (SSSR count). The zero-order chi connectivity index (χ0) is 17.4. The van der Waals surface area contributed by atoms with E-state index in [2.05, 4.69) is 10.1 Å². The molecule has 0 radical (unpaired) electrons. The van der Waals surface area contributed by atoms with Gasteiger partial charge in [-0.2, -0.15) is 5.10 Å². The highest BCUT2D eigenvalue weighted by Gasteiger charge is 2.15. The summed E-state index contributed by atoms with van der Waals surface area (Å²) in [6, 6.07) is 9.37. The Labute approximate surface area is 141 Å². The zero-order valence-electron chi connectivity index (χ0n) is 13.0. The Balaban J connectivity index is 1.72. The standard InChI is InChI=1S/C17H13N5O3/c23-16(24)14-11-20(17(25)21-9-7-18-15(14)21)10-12-2-4-13(5-3-12)22-8-1-6-19-22/h1-9,11H,10H2,(H,23,24). The third-order valence-electron chi connectivity index (χ3n) is 3.91. The maximum Gasteiger partial charge on any atom is 0.341 e. The molecule has 3 heterocycles. The lowest BCUT2D eigenvalue weighted by atomic mass is 10.2. The van der Waals surface area contributed by atoms with Crippen molar-refractivity contribution in [2.24, 2.45) is 0 Å². The molecule has 0 amide bonds. The van der Waals surface area contributed by atoms with E-state index in [1.165, 1.54) is 27.6 Å². The topological polar surface area (TPSA) is 94.4 Å². The fourth-order valence-corrected chi connectivity index (χ4v) is 2.70. The third-order valence-corrected chi connectivity index (χ3v) is 3.91. The Hall–Kier alpha value is -3.68. The smallest absolute Gasteiger partial charge is 0.341 e. The first-order chi connectivity index (χ1) is 12.1. The predicted octanol–water partition coefficient (Wildman–Crippen LogP) is 1.43. The second-order valence-electron chi connectivity index (χ2n) is 5.50. The van der Waals surface area contributed by atoms with E-state index in [1.807, 2.05) is 36.5 Å². The fraction of sp³-hybridized carbons (Fsp3) is 0.0588. The molecule has 0 spiro atoms. The molecule has 0 atom stereocenters. The molecule has 8 heteroatoms. The Bertz CT molecular complexity index is 1110. The van der Waals surface area contributed by atoms with Crippen LogP contribution in [0.5, 0.6) is 0 Å². The Morgan fingerprint density at radius 1 is 1.12 bits per heavy atom. The average molecular weight is 335 g/mol. The van der Waals surface area contributed by atoms with Gasteiger partial charge in [-0.1, -0.05) is 12.1 Å². The maximum atomic E-state index is 12.5. The van der Waals surface area contributed by atoms with Gasteiger partial charge in [-0.05, 0) is 23.8 Å². The van der Waals surface area contributed by atoms with Crippen molar-refractivity contribution >= 4 is 11.6 Å². The van der Waals surface area contributed by atoms with Gasteiger partial charge in [-0.15, -0.1) is 0 Å². The lowest BCUT2D eigenvalue weighted by molar-refractivity contribution is 0.0697. The van der Waals surface area contributed by atoms with Crippen LogP contribution in [0.3, 0.4) is 0 Å². The van der Waals surface area contributed by atoms with Crippen LogP contribution in [0.1, 0.15) is 15.9 Å². The van der Waals surface area contributed by atoms with E-state index in [4.69, 9.17) is 0 Å². The van der Waals surface area contributed by atoms with Crippen molar-refractivity contribution in [1.82, 2.24) is 23.7 Å². The van der Waals surface area contributed by atoms with Crippen molar-refractivity contribution in [3.05, 3.63) is 82.9 Å². The van der Waals surface area contributed by atoms with Crippen LogP contribution in [0.2, 0.25) is 0 Å². The minimum Gasteiger partial charge on any atom is -0.478 e. The number of carbonyl (C=O) groups is 1. The minimum absolute atomic E-state index is 0.0160. The number of carboxylic acids is 1. The van der Waals surface area contributed by atoms with E-state index >= 15 is 0 Å². The summed E-state index contributed by atoms with van der Waals surface area (Å²) in [7, 11) is 0. The van der Waals surface area contributed by atoms with Crippen LogP contribution in [0.25, 0.3) is 11.3 Å². The highest BCUT2D eigenvalue weighted by molar-refractivity contribution is 5.93. The van der Waals surface area contributed by atoms with Crippen molar-refractivity contribution in [2.45, 2.75) is 6.54 Å². The molecule has 3 aromatic heterocycles. The van der Waals surface area contributed by atoms with E-state index in [9.17, 15) is 14.7 Å². The molecule has 25 heavy (non-hydrogen) atoms. The summed E-state index contributed by atoms with van der Waals surface area (Å²) in [4.78, 5) is 27.9. The highest BCUT2D eigenvalue weighted by Crippen LogP contribution is 2.11. The third kappa shape index (κ3) is 2.59. The molecule has 0 saturated heterocycles. The highest BCUT2D eigenvalue weighted by atomic mass is 16.4. The summed E-state index contributed by atoms with van der Waals surface area (Å²) in [5.74, 6) is -1.13. The molecule has 0 unspecified atom stereocenters. The second-order valence-corrected chi connectivity index (χ2v) is 5.50. The molecule has 124 valence electrons. The van der Waals surface area contributed by atoms with E-state index in [-0.39, 0.29) is 23.4 Å². The van der Waals surface area contributed by atoms with E-state index in [0.717, 1.165) is 11.3 Å². The molecule has 8 nitrogen and oxygen atoms in total. The van der Waals surface area contributed by atoms with Gasteiger partial charge in [0.15, 0.2) is 5.65 Å². The van der Waals surface area contributed by atoms with Crippen LogP contribution < -0.4 is 5.69 Å². The van der Waals surface area contributed by atoms with Crippen LogP contribution in [0, 0.1) is 0 Å². The fourth-order valence-electron chi connectivity index (χ4n) is 2.70. The van der Waals surface area contributed by atoms with Gasteiger partial charge in [-0.25, -0.2) is 19.3 Å². The molecule has 1 N–H and O–H groups in total. The van der Waals surface area contributed by atoms with Crippen LogP contribution in [0.15, 0.2) is 66.1 Å².